The minimum atomic E-state index is 0.478. The highest BCUT2D eigenvalue weighted by Crippen LogP contribution is 2.30. The summed E-state index contributed by atoms with van der Waals surface area (Å²) in [4.78, 5) is 0. The molecule has 1 aliphatic carbocycles. The van der Waals surface area contributed by atoms with Crippen molar-refractivity contribution in [3.8, 4) is 11.8 Å². The molecule has 1 atom stereocenters. The highest BCUT2D eigenvalue weighted by molar-refractivity contribution is 5.24. The summed E-state index contributed by atoms with van der Waals surface area (Å²) in [6, 6.07) is 2.57. The lowest BCUT2D eigenvalue weighted by atomic mass is 9.93. The topological polar surface area (TPSA) is 25.2 Å². The van der Waals surface area contributed by atoms with E-state index in [4.69, 9.17) is 4.42 Å². The molecule has 1 N–H and O–H groups in total. The number of hydrogen-bond acceptors (Lipinski definition) is 2. The van der Waals surface area contributed by atoms with Gasteiger partial charge in [-0.15, -0.1) is 11.8 Å². The third-order valence-corrected chi connectivity index (χ3v) is 2.87. The van der Waals surface area contributed by atoms with E-state index in [2.05, 4.69) is 23.2 Å². The summed E-state index contributed by atoms with van der Waals surface area (Å²) >= 11 is 0. The molecule has 1 unspecified atom stereocenters. The van der Waals surface area contributed by atoms with Crippen LogP contribution in [0.1, 0.15) is 43.6 Å². The SMILES string of the molecule is CC#CCCNC1CCCc2occc21. The van der Waals surface area contributed by atoms with Gasteiger partial charge in [-0.25, -0.2) is 0 Å². The van der Waals surface area contributed by atoms with E-state index in [0.29, 0.717) is 6.04 Å². The molecule has 1 aromatic heterocycles. The van der Waals surface area contributed by atoms with Gasteiger partial charge in [-0.2, -0.15) is 0 Å². The van der Waals surface area contributed by atoms with Crippen molar-refractivity contribution in [3.63, 3.8) is 0 Å². The van der Waals surface area contributed by atoms with Crippen molar-refractivity contribution in [1.82, 2.24) is 5.32 Å². The Hall–Kier alpha value is -1.20. The van der Waals surface area contributed by atoms with Gasteiger partial charge in [-0.05, 0) is 25.8 Å². The number of furan rings is 1. The molecule has 0 aliphatic heterocycles. The molecule has 15 heavy (non-hydrogen) atoms. The first kappa shape index (κ1) is 10.3. The third kappa shape index (κ3) is 2.43. The predicted molar refractivity (Wildman–Crippen MR) is 60.5 cm³/mol. The molecule has 80 valence electrons. The van der Waals surface area contributed by atoms with Crippen LogP contribution < -0.4 is 5.32 Å². The highest BCUT2D eigenvalue weighted by Gasteiger charge is 2.21. The normalized spacial score (nSPS) is 19.1. The molecule has 2 rings (SSSR count). The largest absolute Gasteiger partial charge is 0.469 e. The Morgan fingerprint density at radius 2 is 2.53 bits per heavy atom. The fourth-order valence-corrected chi connectivity index (χ4v) is 2.13. The Morgan fingerprint density at radius 3 is 3.40 bits per heavy atom. The summed E-state index contributed by atoms with van der Waals surface area (Å²) in [6.07, 6.45) is 6.26. The molecular formula is C13H17NO. The number of nitrogens with one attached hydrogen (secondary N) is 1. The van der Waals surface area contributed by atoms with Crippen LogP contribution in [0.4, 0.5) is 0 Å². The van der Waals surface area contributed by atoms with E-state index in [1.54, 1.807) is 6.26 Å². The Morgan fingerprint density at radius 1 is 1.60 bits per heavy atom. The molecule has 0 radical (unpaired) electrons. The van der Waals surface area contributed by atoms with Crippen LogP contribution in [0.25, 0.3) is 0 Å². The summed E-state index contributed by atoms with van der Waals surface area (Å²) in [5.41, 5.74) is 1.35. The van der Waals surface area contributed by atoms with Gasteiger partial charge in [0.1, 0.15) is 5.76 Å². The lowest BCUT2D eigenvalue weighted by Crippen LogP contribution is -2.25. The van der Waals surface area contributed by atoms with Gasteiger partial charge >= 0.3 is 0 Å². The summed E-state index contributed by atoms with van der Waals surface area (Å²) in [7, 11) is 0. The molecule has 1 aliphatic rings. The quantitative estimate of drug-likeness (QED) is 0.603. The first-order valence-electron chi connectivity index (χ1n) is 5.61. The van der Waals surface area contributed by atoms with Crippen LogP contribution >= 0.6 is 0 Å². The molecule has 0 saturated heterocycles. The smallest absolute Gasteiger partial charge is 0.108 e. The van der Waals surface area contributed by atoms with Crippen LogP contribution in [-0.2, 0) is 6.42 Å². The number of rotatable bonds is 3. The van der Waals surface area contributed by atoms with Crippen LogP contribution in [0.2, 0.25) is 0 Å². The monoisotopic (exact) mass is 203 g/mol. The number of aryl methyl sites for hydroxylation is 1. The molecule has 0 saturated carbocycles. The molecule has 0 fully saturated rings. The third-order valence-electron chi connectivity index (χ3n) is 2.87. The van der Waals surface area contributed by atoms with Crippen molar-refractivity contribution in [3.05, 3.63) is 23.7 Å². The van der Waals surface area contributed by atoms with Gasteiger partial charge < -0.3 is 9.73 Å². The van der Waals surface area contributed by atoms with Crippen molar-refractivity contribution in [2.24, 2.45) is 0 Å². The molecule has 1 aromatic rings. The van der Waals surface area contributed by atoms with Crippen LogP contribution in [0, 0.1) is 11.8 Å². The standard InChI is InChI=1S/C13H17NO/c1-2-3-4-9-14-12-6-5-7-13-11(12)8-10-15-13/h8,10,12,14H,4-7,9H2,1H3. The maximum atomic E-state index is 5.45. The lowest BCUT2D eigenvalue weighted by Gasteiger charge is -2.22. The summed E-state index contributed by atoms with van der Waals surface area (Å²) < 4.78 is 5.45. The van der Waals surface area contributed by atoms with E-state index in [1.165, 1.54) is 24.2 Å². The Bertz CT molecular complexity index is 369. The molecule has 2 nitrogen and oxygen atoms in total. The first-order chi connectivity index (χ1) is 7.42. The van der Waals surface area contributed by atoms with Crippen LogP contribution in [0.3, 0.4) is 0 Å². The predicted octanol–water partition coefficient (Wildman–Crippen LogP) is 2.66. The molecule has 0 bridgehead atoms. The van der Waals surface area contributed by atoms with Crippen LogP contribution in [0.5, 0.6) is 0 Å². The maximum absolute atomic E-state index is 5.45. The van der Waals surface area contributed by atoms with Gasteiger partial charge in [0.2, 0.25) is 0 Å². The van der Waals surface area contributed by atoms with Gasteiger partial charge in [0.25, 0.3) is 0 Å². The second-order valence-electron chi connectivity index (χ2n) is 3.87. The fourth-order valence-electron chi connectivity index (χ4n) is 2.13. The zero-order chi connectivity index (χ0) is 10.5. The molecular weight excluding hydrogens is 186 g/mol. The summed E-state index contributed by atoms with van der Waals surface area (Å²) in [6.45, 7) is 2.85. The molecule has 0 amide bonds. The van der Waals surface area contributed by atoms with Crippen molar-refractivity contribution < 1.29 is 4.42 Å². The van der Waals surface area contributed by atoms with Crippen molar-refractivity contribution in [2.45, 2.75) is 38.6 Å². The van der Waals surface area contributed by atoms with E-state index in [9.17, 15) is 0 Å². The maximum Gasteiger partial charge on any atom is 0.108 e. The second kappa shape index (κ2) is 5.04. The Balaban J connectivity index is 1.91. The number of fused-ring (bicyclic) bond motifs is 1. The molecule has 1 heterocycles. The average molecular weight is 203 g/mol. The molecule has 2 heteroatoms. The van der Waals surface area contributed by atoms with E-state index in [0.717, 1.165) is 19.4 Å². The summed E-state index contributed by atoms with van der Waals surface area (Å²) in [5, 5.41) is 3.54. The Labute approximate surface area is 91.1 Å². The van der Waals surface area contributed by atoms with Gasteiger partial charge in [0, 0.05) is 31.0 Å². The van der Waals surface area contributed by atoms with E-state index in [1.807, 2.05) is 6.92 Å². The van der Waals surface area contributed by atoms with E-state index in [-0.39, 0.29) is 0 Å². The first-order valence-corrected chi connectivity index (χ1v) is 5.61. The minimum Gasteiger partial charge on any atom is -0.469 e. The number of hydrogen-bond donors (Lipinski definition) is 1. The van der Waals surface area contributed by atoms with Crippen molar-refractivity contribution >= 4 is 0 Å². The second-order valence-corrected chi connectivity index (χ2v) is 3.87. The fraction of sp³-hybridized carbons (Fsp3) is 0.538. The highest BCUT2D eigenvalue weighted by atomic mass is 16.3. The van der Waals surface area contributed by atoms with E-state index < -0.39 is 0 Å². The van der Waals surface area contributed by atoms with Crippen molar-refractivity contribution in [1.29, 1.82) is 0 Å². The molecule has 0 spiro atoms. The zero-order valence-corrected chi connectivity index (χ0v) is 9.18. The zero-order valence-electron chi connectivity index (χ0n) is 9.18. The van der Waals surface area contributed by atoms with Gasteiger partial charge in [-0.3, -0.25) is 0 Å². The Kier molecular flexibility index (Phi) is 3.47. The molecule has 0 aromatic carbocycles. The van der Waals surface area contributed by atoms with Crippen LogP contribution in [0.15, 0.2) is 16.7 Å². The van der Waals surface area contributed by atoms with Crippen LogP contribution in [-0.4, -0.2) is 6.54 Å². The average Bonchev–Trinajstić information content (AvgIpc) is 2.73. The minimum absolute atomic E-state index is 0.478. The van der Waals surface area contributed by atoms with E-state index >= 15 is 0 Å². The van der Waals surface area contributed by atoms with Gasteiger partial charge in [0.15, 0.2) is 0 Å². The summed E-state index contributed by atoms with van der Waals surface area (Å²) in [5.74, 6) is 7.15. The van der Waals surface area contributed by atoms with Crippen molar-refractivity contribution in [2.75, 3.05) is 6.54 Å². The van der Waals surface area contributed by atoms with Gasteiger partial charge in [-0.1, -0.05) is 0 Å². The van der Waals surface area contributed by atoms with Gasteiger partial charge in [0.05, 0.1) is 6.26 Å². The lowest BCUT2D eigenvalue weighted by molar-refractivity contribution is 0.414.